The maximum atomic E-state index is 4.85. The molecule has 0 saturated heterocycles. The van der Waals surface area contributed by atoms with Crippen LogP contribution >= 0.6 is 0 Å². The summed E-state index contributed by atoms with van der Waals surface area (Å²) in [5, 5.41) is 0. The van der Waals surface area contributed by atoms with Crippen molar-refractivity contribution in [3.63, 3.8) is 0 Å². The van der Waals surface area contributed by atoms with Crippen molar-refractivity contribution in [3.8, 4) is 67.7 Å². The van der Waals surface area contributed by atoms with Gasteiger partial charge < -0.3 is 0 Å². The van der Waals surface area contributed by atoms with Gasteiger partial charge in [0.1, 0.15) is 0 Å². The third-order valence-corrected chi connectivity index (χ3v) is 7.47. The Balaban J connectivity index is 1.15. The molecule has 0 spiro atoms. The molecule has 0 unspecified atom stereocenters. The summed E-state index contributed by atoms with van der Waals surface area (Å²) in [5.74, 6) is 1.96. The number of aryl methyl sites for hydroxylation is 1. The van der Waals surface area contributed by atoms with Gasteiger partial charge in [-0.05, 0) is 41.3 Å². The van der Waals surface area contributed by atoms with Crippen molar-refractivity contribution in [1.29, 1.82) is 0 Å². The first kappa shape index (κ1) is 26.1. The molecule has 0 N–H and O–H groups in total. The third kappa shape index (κ3) is 5.56. The summed E-state index contributed by atoms with van der Waals surface area (Å²) < 4.78 is 0. The first-order valence-electron chi connectivity index (χ1n) is 14.2. The summed E-state index contributed by atoms with van der Waals surface area (Å²) in [6.07, 6.45) is 5.59. The smallest absolute Gasteiger partial charge is 0.164 e. The summed E-state index contributed by atoms with van der Waals surface area (Å²) in [6.45, 7) is 2.08. The Bertz CT molecular complexity index is 1930. The Kier molecular flexibility index (Phi) is 7.04. The fourth-order valence-corrected chi connectivity index (χ4v) is 5.06. The average molecular weight is 554 g/mol. The Hall–Kier alpha value is -5.81. The molecule has 4 aromatic carbocycles. The van der Waals surface area contributed by atoms with Crippen LogP contribution in [0.3, 0.4) is 0 Å². The predicted molar refractivity (Wildman–Crippen MR) is 173 cm³/mol. The summed E-state index contributed by atoms with van der Waals surface area (Å²) in [4.78, 5) is 23.4. The maximum Gasteiger partial charge on any atom is 0.164 e. The monoisotopic (exact) mass is 553 g/mol. The van der Waals surface area contributed by atoms with E-state index in [0.717, 1.165) is 55.8 Å². The van der Waals surface area contributed by atoms with Crippen LogP contribution < -0.4 is 0 Å². The molecular formula is C38H27N5. The van der Waals surface area contributed by atoms with E-state index in [1.807, 2.05) is 79.1 Å². The number of pyridine rings is 2. The van der Waals surface area contributed by atoms with Crippen LogP contribution in [0.1, 0.15) is 5.56 Å². The number of hydrogen-bond acceptors (Lipinski definition) is 5. The molecule has 43 heavy (non-hydrogen) atoms. The first-order valence-corrected chi connectivity index (χ1v) is 14.2. The summed E-state index contributed by atoms with van der Waals surface area (Å²) in [6, 6.07) is 43.2. The number of nitrogens with zero attached hydrogens (tertiary/aromatic N) is 5. The molecule has 5 nitrogen and oxygen atoms in total. The lowest BCUT2D eigenvalue weighted by molar-refractivity contribution is 1.07. The van der Waals surface area contributed by atoms with Gasteiger partial charge in [0.15, 0.2) is 17.5 Å². The highest BCUT2D eigenvalue weighted by atomic mass is 15.0. The van der Waals surface area contributed by atoms with Crippen molar-refractivity contribution in [1.82, 2.24) is 24.9 Å². The highest BCUT2D eigenvalue weighted by Crippen LogP contribution is 2.29. The quantitative estimate of drug-likeness (QED) is 0.206. The molecule has 0 aliphatic carbocycles. The van der Waals surface area contributed by atoms with E-state index in [4.69, 9.17) is 19.9 Å². The zero-order chi connectivity index (χ0) is 29.0. The van der Waals surface area contributed by atoms with E-state index in [0.29, 0.717) is 17.5 Å². The number of aromatic nitrogens is 5. The van der Waals surface area contributed by atoms with Crippen molar-refractivity contribution in [2.24, 2.45) is 0 Å². The highest BCUT2D eigenvalue weighted by Gasteiger charge is 2.12. The van der Waals surface area contributed by atoms with E-state index in [2.05, 4.69) is 72.6 Å². The molecule has 5 heteroatoms. The van der Waals surface area contributed by atoms with E-state index < -0.39 is 0 Å². The second kappa shape index (κ2) is 11.6. The van der Waals surface area contributed by atoms with Crippen LogP contribution in [0.15, 0.2) is 146 Å². The van der Waals surface area contributed by atoms with Crippen molar-refractivity contribution >= 4 is 0 Å². The van der Waals surface area contributed by atoms with E-state index >= 15 is 0 Å². The SMILES string of the molecule is Cc1ccncc1-c1ccc(-c2ccc(-c3ccc(-c4nc(-c5ccccc5)nc(-c5ccccc5)n4)cc3)cc2)cn1. The molecule has 0 saturated carbocycles. The molecule has 0 bridgehead atoms. The van der Waals surface area contributed by atoms with Crippen molar-refractivity contribution in [2.45, 2.75) is 6.92 Å². The molecule has 0 aliphatic rings. The maximum absolute atomic E-state index is 4.85. The van der Waals surface area contributed by atoms with Gasteiger partial charge in [-0.15, -0.1) is 0 Å². The van der Waals surface area contributed by atoms with Gasteiger partial charge >= 0.3 is 0 Å². The van der Waals surface area contributed by atoms with Crippen molar-refractivity contribution < 1.29 is 0 Å². The second-order valence-electron chi connectivity index (χ2n) is 10.3. The lowest BCUT2D eigenvalue weighted by Crippen LogP contribution is -2.00. The molecular weight excluding hydrogens is 526 g/mol. The number of hydrogen-bond donors (Lipinski definition) is 0. The van der Waals surface area contributed by atoms with Gasteiger partial charge in [0, 0.05) is 46.4 Å². The van der Waals surface area contributed by atoms with E-state index in [-0.39, 0.29) is 0 Å². The van der Waals surface area contributed by atoms with Gasteiger partial charge in [-0.3, -0.25) is 9.97 Å². The van der Waals surface area contributed by atoms with E-state index in [9.17, 15) is 0 Å². The summed E-state index contributed by atoms with van der Waals surface area (Å²) >= 11 is 0. The largest absolute Gasteiger partial charge is 0.264 e. The zero-order valence-corrected chi connectivity index (χ0v) is 23.6. The van der Waals surface area contributed by atoms with Gasteiger partial charge in [0.25, 0.3) is 0 Å². The van der Waals surface area contributed by atoms with Crippen LogP contribution in [-0.2, 0) is 0 Å². The minimum Gasteiger partial charge on any atom is -0.264 e. The van der Waals surface area contributed by atoms with Crippen LogP contribution in [0, 0.1) is 6.92 Å². The fourth-order valence-electron chi connectivity index (χ4n) is 5.06. The Morgan fingerprint density at radius 1 is 0.395 bits per heavy atom. The van der Waals surface area contributed by atoms with Crippen molar-refractivity contribution in [2.75, 3.05) is 0 Å². The van der Waals surface area contributed by atoms with E-state index in [1.54, 1.807) is 6.20 Å². The van der Waals surface area contributed by atoms with Crippen LogP contribution in [-0.4, -0.2) is 24.9 Å². The third-order valence-electron chi connectivity index (χ3n) is 7.47. The normalized spacial score (nSPS) is 10.9. The summed E-state index contributed by atoms with van der Waals surface area (Å²) in [5.41, 5.74) is 10.4. The average Bonchev–Trinajstić information content (AvgIpc) is 3.09. The molecule has 7 rings (SSSR count). The van der Waals surface area contributed by atoms with Gasteiger partial charge in [-0.2, -0.15) is 0 Å². The van der Waals surface area contributed by atoms with Crippen LogP contribution in [0.2, 0.25) is 0 Å². The molecule has 0 amide bonds. The Labute approximate surface area is 250 Å². The fraction of sp³-hybridized carbons (Fsp3) is 0.0263. The van der Waals surface area contributed by atoms with Crippen molar-refractivity contribution in [3.05, 3.63) is 152 Å². The standard InChI is InChI=1S/C38H27N5/c1-26-22-23-39-25-34(26)35-21-20-33(24-40-35)29-14-12-27(13-15-29)28-16-18-32(19-17-28)38-42-36(30-8-4-2-5-9-30)41-37(43-38)31-10-6-3-7-11-31/h2-25H,1H3. The van der Waals surface area contributed by atoms with Crippen LogP contribution in [0.25, 0.3) is 67.7 Å². The molecule has 3 aromatic heterocycles. The van der Waals surface area contributed by atoms with E-state index in [1.165, 1.54) is 0 Å². The van der Waals surface area contributed by atoms with Gasteiger partial charge in [0.05, 0.1) is 5.69 Å². The molecule has 0 atom stereocenters. The molecule has 0 aliphatic heterocycles. The number of rotatable bonds is 6. The minimum absolute atomic E-state index is 0.645. The number of benzene rings is 4. The highest BCUT2D eigenvalue weighted by molar-refractivity contribution is 5.74. The van der Waals surface area contributed by atoms with Gasteiger partial charge in [-0.25, -0.2) is 15.0 Å². The molecule has 0 fully saturated rings. The lowest BCUT2D eigenvalue weighted by Gasteiger charge is -2.09. The Morgan fingerprint density at radius 2 is 0.837 bits per heavy atom. The second-order valence-corrected chi connectivity index (χ2v) is 10.3. The molecule has 0 radical (unpaired) electrons. The molecule has 7 aromatic rings. The molecule has 204 valence electrons. The van der Waals surface area contributed by atoms with Gasteiger partial charge in [-0.1, -0.05) is 115 Å². The summed E-state index contributed by atoms with van der Waals surface area (Å²) in [7, 11) is 0. The van der Waals surface area contributed by atoms with Gasteiger partial charge in [0.2, 0.25) is 0 Å². The zero-order valence-electron chi connectivity index (χ0n) is 23.6. The topological polar surface area (TPSA) is 64.5 Å². The molecule has 3 heterocycles. The minimum atomic E-state index is 0.645. The van der Waals surface area contributed by atoms with Crippen LogP contribution in [0.4, 0.5) is 0 Å². The Morgan fingerprint density at radius 3 is 1.30 bits per heavy atom. The lowest BCUT2D eigenvalue weighted by atomic mass is 9.99. The predicted octanol–water partition coefficient (Wildman–Crippen LogP) is 8.97. The van der Waals surface area contributed by atoms with Crippen LogP contribution in [0.5, 0.6) is 0 Å². The first-order chi connectivity index (χ1) is 21.2.